The maximum Gasteiger partial charge on any atom is 0.111 e. The Kier molecular flexibility index (Phi) is 2.13. The highest BCUT2D eigenvalue weighted by Gasteiger charge is 2.19. The molecule has 0 radical (unpaired) electrons. The fourth-order valence-electron chi connectivity index (χ4n) is 0.673. The van der Waals surface area contributed by atoms with Gasteiger partial charge in [-0.3, -0.25) is 0 Å². The van der Waals surface area contributed by atoms with Crippen molar-refractivity contribution in [1.82, 2.24) is 0 Å². The van der Waals surface area contributed by atoms with E-state index < -0.39 is 6.10 Å². The second-order valence-corrected chi connectivity index (χ2v) is 2.64. The minimum Gasteiger partial charge on any atom is -0.381 e. The molecule has 0 saturated heterocycles. The Balaban J connectivity index is 2.09. The van der Waals surface area contributed by atoms with Crippen LogP contribution in [0.3, 0.4) is 0 Å². The Hall–Kier alpha value is -0.480. The first-order valence-electron chi connectivity index (χ1n) is 3.45. The monoisotopic (exact) mass is 124 g/mol. The van der Waals surface area contributed by atoms with Crippen LogP contribution in [0.2, 0.25) is 0 Å². The van der Waals surface area contributed by atoms with Crippen molar-refractivity contribution < 1.29 is 5.11 Å². The standard InChI is InChI=1S/C8H12O/c1-7(9)3-2-4-8-5-6-8/h7-9H,4-6H2,1H3. The Morgan fingerprint density at radius 2 is 2.33 bits per heavy atom. The van der Waals surface area contributed by atoms with Gasteiger partial charge in [-0.1, -0.05) is 5.92 Å². The van der Waals surface area contributed by atoms with Crippen LogP contribution in [0.25, 0.3) is 0 Å². The smallest absolute Gasteiger partial charge is 0.111 e. The Morgan fingerprint density at radius 3 is 2.78 bits per heavy atom. The molecule has 0 amide bonds. The highest BCUT2D eigenvalue weighted by molar-refractivity contribution is 5.05. The Labute approximate surface area is 56.1 Å². The molecule has 1 heteroatoms. The summed E-state index contributed by atoms with van der Waals surface area (Å²) in [5.74, 6) is 6.53. The van der Waals surface area contributed by atoms with Gasteiger partial charge in [-0.15, -0.1) is 5.92 Å². The van der Waals surface area contributed by atoms with E-state index in [2.05, 4.69) is 11.8 Å². The lowest BCUT2D eigenvalue weighted by Gasteiger charge is -1.86. The quantitative estimate of drug-likeness (QED) is 0.520. The van der Waals surface area contributed by atoms with Crippen molar-refractivity contribution in [3.05, 3.63) is 0 Å². The summed E-state index contributed by atoms with van der Waals surface area (Å²) >= 11 is 0. The molecule has 9 heavy (non-hydrogen) atoms. The minimum atomic E-state index is -0.441. The van der Waals surface area contributed by atoms with E-state index >= 15 is 0 Å². The van der Waals surface area contributed by atoms with Crippen molar-refractivity contribution >= 4 is 0 Å². The first kappa shape index (κ1) is 6.64. The van der Waals surface area contributed by atoms with Gasteiger partial charge in [-0.05, 0) is 25.7 Å². The zero-order valence-electron chi connectivity index (χ0n) is 5.72. The van der Waals surface area contributed by atoms with Gasteiger partial charge in [0.25, 0.3) is 0 Å². The van der Waals surface area contributed by atoms with Gasteiger partial charge in [0.05, 0.1) is 0 Å². The van der Waals surface area contributed by atoms with Gasteiger partial charge in [0.1, 0.15) is 6.10 Å². The molecule has 1 fully saturated rings. The first-order valence-corrected chi connectivity index (χ1v) is 3.45. The average Bonchev–Trinajstić information content (AvgIpc) is 2.48. The van der Waals surface area contributed by atoms with Gasteiger partial charge >= 0.3 is 0 Å². The predicted molar refractivity (Wildman–Crippen MR) is 36.8 cm³/mol. The van der Waals surface area contributed by atoms with Crippen molar-refractivity contribution in [3.63, 3.8) is 0 Å². The molecule has 0 spiro atoms. The van der Waals surface area contributed by atoms with Crippen LogP contribution < -0.4 is 0 Å². The van der Waals surface area contributed by atoms with Crippen molar-refractivity contribution in [2.24, 2.45) is 5.92 Å². The van der Waals surface area contributed by atoms with E-state index in [1.165, 1.54) is 12.8 Å². The third-order valence-electron chi connectivity index (χ3n) is 1.40. The molecule has 0 aliphatic heterocycles. The third kappa shape index (κ3) is 3.16. The number of aliphatic hydroxyl groups is 1. The minimum absolute atomic E-state index is 0.441. The molecule has 0 bridgehead atoms. The molecular formula is C8H12O. The van der Waals surface area contributed by atoms with Crippen LogP contribution in [0.4, 0.5) is 0 Å². The molecule has 1 aliphatic carbocycles. The second kappa shape index (κ2) is 2.89. The van der Waals surface area contributed by atoms with Crippen LogP contribution in [-0.4, -0.2) is 11.2 Å². The molecule has 1 nitrogen and oxygen atoms in total. The van der Waals surface area contributed by atoms with Crippen molar-refractivity contribution in [1.29, 1.82) is 0 Å². The van der Waals surface area contributed by atoms with Gasteiger partial charge in [-0.2, -0.15) is 0 Å². The van der Waals surface area contributed by atoms with Crippen molar-refractivity contribution in [2.45, 2.75) is 32.3 Å². The van der Waals surface area contributed by atoms with E-state index in [0.29, 0.717) is 0 Å². The number of rotatable bonds is 1. The topological polar surface area (TPSA) is 20.2 Å². The summed E-state index contributed by atoms with van der Waals surface area (Å²) in [6, 6.07) is 0. The van der Waals surface area contributed by atoms with Crippen LogP contribution in [0.5, 0.6) is 0 Å². The molecule has 0 heterocycles. The van der Waals surface area contributed by atoms with Gasteiger partial charge in [0, 0.05) is 6.42 Å². The zero-order chi connectivity index (χ0) is 6.69. The highest BCUT2D eigenvalue weighted by atomic mass is 16.3. The van der Waals surface area contributed by atoms with E-state index in [9.17, 15) is 0 Å². The van der Waals surface area contributed by atoms with Crippen molar-refractivity contribution in [3.8, 4) is 11.8 Å². The lowest BCUT2D eigenvalue weighted by molar-refractivity contribution is 0.253. The maximum atomic E-state index is 8.71. The fourth-order valence-corrected chi connectivity index (χ4v) is 0.673. The van der Waals surface area contributed by atoms with Crippen molar-refractivity contribution in [2.75, 3.05) is 0 Å². The first-order chi connectivity index (χ1) is 4.29. The van der Waals surface area contributed by atoms with Gasteiger partial charge in [0.2, 0.25) is 0 Å². The summed E-state index contributed by atoms with van der Waals surface area (Å²) in [7, 11) is 0. The lowest BCUT2D eigenvalue weighted by Crippen LogP contribution is -1.92. The van der Waals surface area contributed by atoms with E-state index in [1.807, 2.05) is 0 Å². The molecule has 1 unspecified atom stereocenters. The highest BCUT2D eigenvalue weighted by Crippen LogP contribution is 2.31. The average molecular weight is 124 g/mol. The largest absolute Gasteiger partial charge is 0.381 e. The van der Waals surface area contributed by atoms with E-state index in [1.54, 1.807) is 6.92 Å². The zero-order valence-corrected chi connectivity index (χ0v) is 5.72. The summed E-state index contributed by atoms with van der Waals surface area (Å²) in [6.07, 6.45) is 3.23. The lowest BCUT2D eigenvalue weighted by atomic mass is 10.3. The van der Waals surface area contributed by atoms with Crippen LogP contribution in [0.15, 0.2) is 0 Å². The van der Waals surface area contributed by atoms with Crippen LogP contribution >= 0.6 is 0 Å². The Morgan fingerprint density at radius 1 is 1.67 bits per heavy atom. The van der Waals surface area contributed by atoms with Gasteiger partial charge in [-0.25, -0.2) is 0 Å². The van der Waals surface area contributed by atoms with E-state index in [0.717, 1.165) is 12.3 Å². The summed E-state index contributed by atoms with van der Waals surface area (Å²) < 4.78 is 0. The molecular weight excluding hydrogens is 112 g/mol. The third-order valence-corrected chi connectivity index (χ3v) is 1.40. The van der Waals surface area contributed by atoms with E-state index in [-0.39, 0.29) is 0 Å². The normalized spacial score (nSPS) is 20.2. The summed E-state index contributed by atoms with van der Waals surface area (Å²) in [6.45, 7) is 1.69. The summed E-state index contributed by atoms with van der Waals surface area (Å²) in [5.41, 5.74) is 0. The van der Waals surface area contributed by atoms with E-state index in [4.69, 9.17) is 5.11 Å². The predicted octanol–water partition coefficient (Wildman–Crippen LogP) is 1.17. The molecule has 0 aromatic rings. The maximum absolute atomic E-state index is 8.71. The second-order valence-electron chi connectivity index (χ2n) is 2.64. The van der Waals surface area contributed by atoms with Crippen LogP contribution in [0.1, 0.15) is 26.2 Å². The molecule has 0 aromatic heterocycles. The number of hydrogen-bond acceptors (Lipinski definition) is 1. The molecule has 50 valence electrons. The Bertz CT molecular complexity index is 134. The molecule has 1 aliphatic rings. The van der Waals surface area contributed by atoms with Crippen LogP contribution in [-0.2, 0) is 0 Å². The van der Waals surface area contributed by atoms with Gasteiger partial charge in [0.15, 0.2) is 0 Å². The molecule has 1 saturated carbocycles. The number of hydrogen-bond donors (Lipinski definition) is 1. The molecule has 1 rings (SSSR count). The number of aliphatic hydroxyl groups excluding tert-OH is 1. The van der Waals surface area contributed by atoms with Crippen LogP contribution in [0, 0.1) is 17.8 Å². The SMILES string of the molecule is CC(O)C#CCC1CC1. The summed E-state index contributed by atoms with van der Waals surface area (Å²) in [4.78, 5) is 0. The molecule has 0 aromatic carbocycles. The summed E-state index contributed by atoms with van der Waals surface area (Å²) in [5, 5.41) is 8.71. The molecule has 1 atom stereocenters. The fraction of sp³-hybridized carbons (Fsp3) is 0.750. The van der Waals surface area contributed by atoms with Gasteiger partial charge < -0.3 is 5.11 Å². The molecule has 1 N–H and O–H groups in total.